The van der Waals surface area contributed by atoms with Gasteiger partial charge in [0, 0.05) is 0 Å². The van der Waals surface area contributed by atoms with Crippen molar-refractivity contribution >= 4 is 12.4 Å². The predicted octanol–water partition coefficient (Wildman–Crippen LogP) is 6.30. The van der Waals surface area contributed by atoms with Crippen LogP contribution in [0.5, 0.6) is 0 Å². The quantitative estimate of drug-likeness (QED) is 0.280. The van der Waals surface area contributed by atoms with E-state index >= 15 is 0 Å². The summed E-state index contributed by atoms with van der Waals surface area (Å²) >= 11 is 0. The second-order valence-corrected chi connectivity index (χ2v) is 4.61. The molecule has 0 rings (SSSR count). The fraction of sp³-hybridized carbons (Fsp3) is 0.867. The maximum absolute atomic E-state index is 3.74. The van der Waals surface area contributed by atoms with E-state index in [1.54, 1.807) is 0 Å². The van der Waals surface area contributed by atoms with Crippen molar-refractivity contribution in [2.45, 2.75) is 84.0 Å². The van der Waals surface area contributed by atoms with Crippen LogP contribution in [0.3, 0.4) is 0 Å². The first kappa shape index (κ1) is 18.4. The minimum Gasteiger partial charge on any atom is -0.147 e. The first-order valence-corrected chi connectivity index (χ1v) is 7.02. The molecule has 0 nitrogen and oxygen atoms in total. The monoisotopic (exact) mass is 246 g/mol. The third-order valence-corrected chi connectivity index (χ3v) is 3.01. The molecule has 0 bridgehead atoms. The standard InChI is InChI=1S/C15H30.ClH/c1-3-5-7-9-11-13-15-14-12-10-8-6-4-2;/h3H,1,4-15H2,2H3;1H. The molecule has 0 saturated carbocycles. The van der Waals surface area contributed by atoms with Gasteiger partial charge in [-0.1, -0.05) is 77.2 Å². The number of allylic oxidation sites excluding steroid dienone is 1. The first-order valence-electron chi connectivity index (χ1n) is 7.02. The lowest BCUT2D eigenvalue weighted by Gasteiger charge is -2.01. The molecule has 0 aliphatic rings. The minimum atomic E-state index is 0. The number of halogens is 1. The summed E-state index contributed by atoms with van der Waals surface area (Å²) in [6, 6.07) is 0. The van der Waals surface area contributed by atoms with E-state index in [4.69, 9.17) is 0 Å². The van der Waals surface area contributed by atoms with E-state index in [0.29, 0.717) is 0 Å². The summed E-state index contributed by atoms with van der Waals surface area (Å²) in [5.74, 6) is 0. The molecular weight excluding hydrogens is 216 g/mol. The molecule has 0 heterocycles. The Kier molecular flexibility index (Phi) is 20.0. The molecule has 0 saturated heterocycles. The molecule has 0 amide bonds. The molecule has 0 N–H and O–H groups in total. The summed E-state index contributed by atoms with van der Waals surface area (Å²) in [4.78, 5) is 0. The zero-order valence-corrected chi connectivity index (χ0v) is 12.0. The van der Waals surface area contributed by atoms with Gasteiger partial charge < -0.3 is 0 Å². The second kappa shape index (κ2) is 17.4. The lowest BCUT2D eigenvalue weighted by atomic mass is 10.1. The predicted molar refractivity (Wildman–Crippen MR) is 78.5 cm³/mol. The van der Waals surface area contributed by atoms with Crippen molar-refractivity contribution in [1.29, 1.82) is 0 Å². The van der Waals surface area contributed by atoms with Crippen molar-refractivity contribution in [3.63, 3.8) is 0 Å². The first-order chi connectivity index (χ1) is 7.41. The number of rotatable bonds is 12. The summed E-state index contributed by atoms with van der Waals surface area (Å²) in [5, 5.41) is 0. The normalized spacial score (nSPS) is 9.81. The molecule has 0 unspecified atom stereocenters. The Balaban J connectivity index is 0. The lowest BCUT2D eigenvalue weighted by Crippen LogP contribution is -1.81. The summed E-state index contributed by atoms with van der Waals surface area (Å²) < 4.78 is 0. The highest BCUT2D eigenvalue weighted by Crippen LogP contribution is 2.11. The Hall–Kier alpha value is 0.0300. The highest BCUT2D eigenvalue weighted by atomic mass is 35.5. The van der Waals surface area contributed by atoms with Crippen molar-refractivity contribution in [3.8, 4) is 0 Å². The molecule has 0 aromatic heterocycles. The van der Waals surface area contributed by atoms with Gasteiger partial charge in [-0.2, -0.15) is 0 Å². The fourth-order valence-electron chi connectivity index (χ4n) is 1.95. The molecule has 98 valence electrons. The second-order valence-electron chi connectivity index (χ2n) is 4.61. The number of hydrogen-bond donors (Lipinski definition) is 0. The van der Waals surface area contributed by atoms with Gasteiger partial charge >= 0.3 is 0 Å². The largest absolute Gasteiger partial charge is 0.147 e. The molecule has 1 heteroatoms. The van der Waals surface area contributed by atoms with Crippen molar-refractivity contribution in [2.75, 3.05) is 0 Å². The maximum atomic E-state index is 3.74. The smallest absolute Gasteiger partial charge is 0.0353 e. The molecule has 0 aliphatic heterocycles. The van der Waals surface area contributed by atoms with Crippen LogP contribution in [-0.4, -0.2) is 0 Å². The van der Waals surface area contributed by atoms with E-state index in [-0.39, 0.29) is 12.4 Å². The van der Waals surface area contributed by atoms with Gasteiger partial charge in [0.1, 0.15) is 0 Å². The Bertz CT molecular complexity index is 121. The Morgan fingerprint density at radius 2 is 1.06 bits per heavy atom. The molecule has 0 atom stereocenters. The average molecular weight is 247 g/mol. The average Bonchev–Trinajstić information content (AvgIpc) is 2.26. The van der Waals surface area contributed by atoms with Crippen LogP contribution in [0.25, 0.3) is 0 Å². The number of unbranched alkanes of at least 4 members (excludes halogenated alkanes) is 11. The highest BCUT2D eigenvalue weighted by molar-refractivity contribution is 5.85. The lowest BCUT2D eigenvalue weighted by molar-refractivity contribution is 0.550. The van der Waals surface area contributed by atoms with Crippen LogP contribution in [0.4, 0.5) is 0 Å². The van der Waals surface area contributed by atoms with E-state index in [2.05, 4.69) is 13.5 Å². The molecule has 0 spiro atoms. The van der Waals surface area contributed by atoms with Gasteiger partial charge in [0.2, 0.25) is 0 Å². The zero-order chi connectivity index (χ0) is 11.2. The van der Waals surface area contributed by atoms with Crippen LogP contribution in [-0.2, 0) is 0 Å². The van der Waals surface area contributed by atoms with E-state index in [0.717, 1.165) is 0 Å². The summed E-state index contributed by atoms with van der Waals surface area (Å²) in [6.45, 7) is 6.02. The van der Waals surface area contributed by atoms with Gasteiger partial charge in [0.25, 0.3) is 0 Å². The molecule has 0 fully saturated rings. The van der Waals surface area contributed by atoms with Gasteiger partial charge in [-0.15, -0.1) is 19.0 Å². The Morgan fingerprint density at radius 3 is 1.44 bits per heavy atom. The van der Waals surface area contributed by atoms with Crippen LogP contribution in [0, 0.1) is 0 Å². The van der Waals surface area contributed by atoms with E-state index in [1.807, 2.05) is 6.08 Å². The van der Waals surface area contributed by atoms with Gasteiger partial charge in [0.15, 0.2) is 0 Å². The SMILES string of the molecule is C=CCCCCCCCCCCCCC.Cl. The minimum absolute atomic E-state index is 0. The zero-order valence-electron chi connectivity index (χ0n) is 11.2. The van der Waals surface area contributed by atoms with Crippen molar-refractivity contribution in [1.82, 2.24) is 0 Å². The highest BCUT2D eigenvalue weighted by Gasteiger charge is 1.91. The van der Waals surface area contributed by atoms with Crippen LogP contribution in [0.1, 0.15) is 84.0 Å². The van der Waals surface area contributed by atoms with E-state index in [1.165, 1.54) is 77.0 Å². The number of hydrogen-bond acceptors (Lipinski definition) is 0. The van der Waals surface area contributed by atoms with Crippen molar-refractivity contribution in [2.24, 2.45) is 0 Å². The Labute approximate surface area is 109 Å². The van der Waals surface area contributed by atoms with Crippen LogP contribution in [0.15, 0.2) is 12.7 Å². The van der Waals surface area contributed by atoms with Gasteiger partial charge in [0.05, 0.1) is 0 Å². The fourth-order valence-corrected chi connectivity index (χ4v) is 1.95. The molecule has 0 aliphatic carbocycles. The molecular formula is C15H31Cl. The van der Waals surface area contributed by atoms with Crippen LogP contribution < -0.4 is 0 Å². The van der Waals surface area contributed by atoms with Gasteiger partial charge in [-0.3, -0.25) is 0 Å². The summed E-state index contributed by atoms with van der Waals surface area (Å²) in [6.07, 6.45) is 19.0. The summed E-state index contributed by atoms with van der Waals surface area (Å²) in [5.41, 5.74) is 0. The van der Waals surface area contributed by atoms with Crippen molar-refractivity contribution < 1.29 is 0 Å². The van der Waals surface area contributed by atoms with Crippen LogP contribution in [0.2, 0.25) is 0 Å². The third-order valence-electron chi connectivity index (χ3n) is 3.01. The van der Waals surface area contributed by atoms with Gasteiger partial charge in [-0.05, 0) is 12.8 Å². The molecule has 0 aromatic carbocycles. The molecule has 16 heavy (non-hydrogen) atoms. The molecule has 0 aromatic rings. The van der Waals surface area contributed by atoms with Crippen molar-refractivity contribution in [3.05, 3.63) is 12.7 Å². The van der Waals surface area contributed by atoms with Gasteiger partial charge in [-0.25, -0.2) is 0 Å². The van der Waals surface area contributed by atoms with Crippen LogP contribution >= 0.6 is 12.4 Å². The van der Waals surface area contributed by atoms with E-state index in [9.17, 15) is 0 Å². The maximum Gasteiger partial charge on any atom is -0.0353 e. The topological polar surface area (TPSA) is 0 Å². The Morgan fingerprint density at radius 1 is 0.688 bits per heavy atom. The summed E-state index contributed by atoms with van der Waals surface area (Å²) in [7, 11) is 0. The van der Waals surface area contributed by atoms with E-state index < -0.39 is 0 Å². The third kappa shape index (κ3) is 16.5. The molecule has 0 radical (unpaired) electrons.